The molecule has 33 heavy (non-hydrogen) atoms. The summed E-state index contributed by atoms with van der Waals surface area (Å²) in [4.78, 5) is 15.1. The van der Waals surface area contributed by atoms with E-state index in [1.807, 2.05) is 56.3 Å². The summed E-state index contributed by atoms with van der Waals surface area (Å²) in [5, 5.41) is 0.959. The molecule has 0 aliphatic carbocycles. The fourth-order valence-corrected chi connectivity index (χ4v) is 4.58. The number of aryl methyl sites for hydroxylation is 2. The van der Waals surface area contributed by atoms with Gasteiger partial charge in [0.05, 0.1) is 0 Å². The largest absolute Gasteiger partial charge is 0.477 e. The van der Waals surface area contributed by atoms with Gasteiger partial charge < -0.3 is 9.15 Å². The maximum absolute atomic E-state index is 13.2. The van der Waals surface area contributed by atoms with Gasteiger partial charge >= 0.3 is 5.63 Å². The molecular weight excluding hydrogens is 417 g/mol. The number of hydrogen-bond acceptors (Lipinski definition) is 4. The van der Waals surface area contributed by atoms with Gasteiger partial charge in [-0.25, -0.2) is 9.18 Å². The van der Waals surface area contributed by atoms with Crippen LogP contribution in [0.1, 0.15) is 33.4 Å². The zero-order valence-corrected chi connectivity index (χ0v) is 18.9. The molecule has 1 aliphatic rings. The predicted octanol–water partition coefficient (Wildman–Crippen LogP) is 5.53. The molecule has 0 fully saturated rings. The molecule has 0 unspecified atom stereocenters. The number of hydrogen-bond donors (Lipinski definition) is 0. The number of rotatable bonds is 5. The van der Waals surface area contributed by atoms with E-state index in [9.17, 15) is 9.18 Å². The van der Waals surface area contributed by atoms with Crippen molar-refractivity contribution in [3.63, 3.8) is 0 Å². The Morgan fingerprint density at radius 1 is 0.970 bits per heavy atom. The first-order chi connectivity index (χ1) is 16.0. The van der Waals surface area contributed by atoms with Gasteiger partial charge in [0, 0.05) is 41.6 Å². The lowest BCUT2D eigenvalue weighted by molar-refractivity contribution is 0.0959. The van der Waals surface area contributed by atoms with Gasteiger partial charge in [-0.05, 0) is 55.2 Å². The van der Waals surface area contributed by atoms with Crippen molar-refractivity contribution in [2.45, 2.75) is 33.2 Å². The first-order valence-electron chi connectivity index (χ1n) is 11.2. The molecule has 3 aromatic carbocycles. The maximum atomic E-state index is 13.2. The van der Waals surface area contributed by atoms with Crippen LogP contribution in [-0.2, 0) is 19.4 Å². The standard InChI is InChI=1S/C28H26FNO3/c1-18-24-15-22-16-30(13-12-20-8-10-23(29)11-9-20)17-32-26(22)19(2)27(24)33-28(31)25(18)14-21-6-4-3-5-7-21/h3-11,15H,12-14,16-17H2,1-2H3. The second-order valence-corrected chi connectivity index (χ2v) is 8.72. The van der Waals surface area contributed by atoms with Crippen molar-refractivity contribution in [2.75, 3.05) is 13.3 Å². The Balaban J connectivity index is 1.44. The van der Waals surface area contributed by atoms with E-state index in [1.54, 1.807) is 0 Å². The Morgan fingerprint density at radius 2 is 1.73 bits per heavy atom. The van der Waals surface area contributed by atoms with Gasteiger partial charge in [0.1, 0.15) is 23.9 Å². The van der Waals surface area contributed by atoms with Gasteiger partial charge in [0.15, 0.2) is 0 Å². The van der Waals surface area contributed by atoms with Crippen LogP contribution < -0.4 is 10.4 Å². The molecule has 0 spiro atoms. The summed E-state index contributed by atoms with van der Waals surface area (Å²) in [6, 6.07) is 18.7. The molecule has 0 N–H and O–H groups in total. The first kappa shape index (κ1) is 21.4. The molecule has 1 aliphatic heterocycles. The first-order valence-corrected chi connectivity index (χ1v) is 11.2. The summed E-state index contributed by atoms with van der Waals surface area (Å²) in [5.74, 6) is 0.587. The van der Waals surface area contributed by atoms with Crippen LogP contribution in [-0.4, -0.2) is 18.2 Å². The van der Waals surface area contributed by atoms with E-state index in [-0.39, 0.29) is 11.4 Å². The van der Waals surface area contributed by atoms with Crippen molar-refractivity contribution in [1.82, 2.24) is 4.90 Å². The van der Waals surface area contributed by atoms with Crippen molar-refractivity contribution in [3.05, 3.63) is 110 Å². The molecule has 0 atom stereocenters. The lowest BCUT2D eigenvalue weighted by atomic mass is 9.96. The summed E-state index contributed by atoms with van der Waals surface area (Å²) in [7, 11) is 0. The van der Waals surface area contributed by atoms with Gasteiger partial charge in [0.2, 0.25) is 0 Å². The molecule has 5 heteroatoms. The average molecular weight is 444 g/mol. The Morgan fingerprint density at radius 3 is 2.48 bits per heavy atom. The normalized spacial score (nSPS) is 13.7. The van der Waals surface area contributed by atoms with Crippen LogP contribution in [0.2, 0.25) is 0 Å². The van der Waals surface area contributed by atoms with E-state index < -0.39 is 0 Å². The predicted molar refractivity (Wildman–Crippen MR) is 127 cm³/mol. The summed E-state index contributed by atoms with van der Waals surface area (Å²) < 4.78 is 25.1. The quantitative estimate of drug-likeness (QED) is 0.380. The lowest BCUT2D eigenvalue weighted by Gasteiger charge is -2.30. The third kappa shape index (κ3) is 4.29. The van der Waals surface area contributed by atoms with Gasteiger partial charge in [-0.3, -0.25) is 4.90 Å². The minimum atomic E-state index is -0.288. The minimum Gasteiger partial charge on any atom is -0.477 e. The van der Waals surface area contributed by atoms with Gasteiger partial charge in [0.25, 0.3) is 0 Å². The molecule has 2 heterocycles. The molecule has 4 aromatic rings. The highest BCUT2D eigenvalue weighted by atomic mass is 19.1. The molecular formula is C28H26FNO3. The highest BCUT2D eigenvalue weighted by molar-refractivity contribution is 5.87. The molecule has 0 saturated carbocycles. The van der Waals surface area contributed by atoms with Crippen molar-refractivity contribution in [1.29, 1.82) is 0 Å². The van der Waals surface area contributed by atoms with E-state index in [2.05, 4.69) is 11.0 Å². The highest BCUT2D eigenvalue weighted by Crippen LogP contribution is 2.36. The number of ether oxygens (including phenoxy) is 1. The second kappa shape index (κ2) is 8.83. The van der Waals surface area contributed by atoms with Crippen LogP contribution in [0, 0.1) is 19.7 Å². The van der Waals surface area contributed by atoms with Crippen molar-refractivity contribution >= 4 is 11.0 Å². The van der Waals surface area contributed by atoms with E-state index in [0.717, 1.165) is 58.5 Å². The summed E-state index contributed by atoms with van der Waals surface area (Å²) in [6.07, 6.45) is 1.36. The Kier molecular flexibility index (Phi) is 5.73. The number of benzene rings is 3. The summed E-state index contributed by atoms with van der Waals surface area (Å²) in [6.45, 7) is 5.98. The van der Waals surface area contributed by atoms with Gasteiger partial charge in [-0.15, -0.1) is 0 Å². The van der Waals surface area contributed by atoms with Crippen molar-refractivity contribution in [2.24, 2.45) is 0 Å². The van der Waals surface area contributed by atoms with Crippen LogP contribution in [0.3, 0.4) is 0 Å². The Labute approximate surface area is 192 Å². The van der Waals surface area contributed by atoms with E-state index in [1.165, 1.54) is 12.1 Å². The SMILES string of the molecule is Cc1c(Cc2ccccc2)c(=O)oc2c(C)c3c(cc12)CN(CCc1ccc(F)cc1)CO3. The third-order valence-corrected chi connectivity index (χ3v) is 6.47. The monoisotopic (exact) mass is 443 g/mol. The van der Waals surface area contributed by atoms with Crippen LogP contribution >= 0.6 is 0 Å². The van der Waals surface area contributed by atoms with Gasteiger partial charge in [-0.1, -0.05) is 42.5 Å². The van der Waals surface area contributed by atoms with E-state index in [4.69, 9.17) is 9.15 Å². The fraction of sp³-hybridized carbons (Fsp3) is 0.250. The van der Waals surface area contributed by atoms with Crippen LogP contribution in [0.15, 0.2) is 69.9 Å². The zero-order valence-electron chi connectivity index (χ0n) is 18.9. The van der Waals surface area contributed by atoms with Crippen LogP contribution in [0.5, 0.6) is 5.75 Å². The fourth-order valence-electron chi connectivity index (χ4n) is 4.58. The number of halogens is 1. The van der Waals surface area contributed by atoms with E-state index in [0.29, 0.717) is 24.3 Å². The maximum Gasteiger partial charge on any atom is 0.340 e. The third-order valence-electron chi connectivity index (χ3n) is 6.47. The molecule has 4 nitrogen and oxygen atoms in total. The number of fused-ring (bicyclic) bond motifs is 2. The minimum absolute atomic E-state index is 0.218. The molecule has 168 valence electrons. The Bertz CT molecular complexity index is 1360. The smallest absolute Gasteiger partial charge is 0.340 e. The molecule has 0 amide bonds. The molecule has 0 saturated heterocycles. The zero-order chi connectivity index (χ0) is 22.9. The van der Waals surface area contributed by atoms with Gasteiger partial charge in [-0.2, -0.15) is 0 Å². The van der Waals surface area contributed by atoms with Crippen LogP contribution in [0.4, 0.5) is 4.39 Å². The topological polar surface area (TPSA) is 42.7 Å². The number of nitrogens with zero attached hydrogens (tertiary/aromatic N) is 1. The van der Waals surface area contributed by atoms with Crippen molar-refractivity contribution < 1.29 is 13.5 Å². The molecule has 1 aromatic heterocycles. The Hall–Kier alpha value is -3.44. The summed E-state index contributed by atoms with van der Waals surface area (Å²) in [5.41, 5.74) is 6.10. The van der Waals surface area contributed by atoms with Crippen LogP contribution in [0.25, 0.3) is 11.0 Å². The van der Waals surface area contributed by atoms with Crippen molar-refractivity contribution in [3.8, 4) is 5.75 Å². The molecule has 5 rings (SSSR count). The summed E-state index contributed by atoms with van der Waals surface area (Å²) >= 11 is 0. The average Bonchev–Trinajstić information content (AvgIpc) is 2.83. The molecule has 0 radical (unpaired) electrons. The second-order valence-electron chi connectivity index (χ2n) is 8.72. The van der Waals surface area contributed by atoms with E-state index >= 15 is 0 Å². The highest BCUT2D eigenvalue weighted by Gasteiger charge is 2.24. The molecule has 0 bridgehead atoms. The lowest BCUT2D eigenvalue weighted by Crippen LogP contribution is -2.34.